The van der Waals surface area contributed by atoms with Crippen molar-refractivity contribution in [1.82, 2.24) is 14.8 Å². The highest BCUT2D eigenvalue weighted by atomic mass is 32.1. The molecule has 3 aromatic rings. The summed E-state index contributed by atoms with van der Waals surface area (Å²) in [4.78, 5) is 23.3. The molecule has 4 rings (SSSR count). The van der Waals surface area contributed by atoms with Crippen LogP contribution in [0.1, 0.15) is 31.2 Å². The van der Waals surface area contributed by atoms with Crippen LogP contribution < -0.4 is 0 Å². The van der Waals surface area contributed by atoms with Crippen LogP contribution in [0.25, 0.3) is 10.1 Å². The predicted molar refractivity (Wildman–Crippen MR) is 111 cm³/mol. The molecule has 3 heterocycles. The molecule has 1 atom stereocenters. The number of carbonyl (C=O) groups excluding carboxylic acids is 1. The summed E-state index contributed by atoms with van der Waals surface area (Å²) in [7, 11) is 3.60. The maximum Gasteiger partial charge on any atom is 0.263 e. The normalized spacial score (nSPS) is 18.1. The number of fused-ring (bicyclic) bond motifs is 1. The van der Waals surface area contributed by atoms with Crippen LogP contribution in [0, 0.1) is 6.92 Å². The molecular weight excluding hydrogens is 378 g/mol. The molecule has 0 saturated carbocycles. The third-order valence-electron chi connectivity index (χ3n) is 4.76. The minimum absolute atomic E-state index is 0.0463. The number of benzene rings is 1. The van der Waals surface area contributed by atoms with Gasteiger partial charge in [0.05, 0.1) is 22.6 Å². The van der Waals surface area contributed by atoms with Crippen molar-refractivity contribution < 1.29 is 9.53 Å². The maximum atomic E-state index is 12.8. The lowest BCUT2D eigenvalue weighted by molar-refractivity contribution is -0.0320. The van der Waals surface area contributed by atoms with Gasteiger partial charge in [-0.15, -0.1) is 22.7 Å². The van der Waals surface area contributed by atoms with Crippen molar-refractivity contribution in [3.05, 3.63) is 50.8 Å². The fourth-order valence-electron chi connectivity index (χ4n) is 3.47. The molecule has 7 heteroatoms. The van der Waals surface area contributed by atoms with Crippen LogP contribution >= 0.6 is 22.7 Å². The Kier molecular flexibility index (Phi) is 5.27. The molecule has 1 fully saturated rings. The number of ether oxygens (including phenoxy) is 1. The number of morpholine rings is 1. The summed E-state index contributed by atoms with van der Waals surface area (Å²) in [5.41, 5.74) is 1.04. The summed E-state index contributed by atoms with van der Waals surface area (Å²) in [6.45, 7) is 5.26. The van der Waals surface area contributed by atoms with Gasteiger partial charge in [0.1, 0.15) is 0 Å². The average Bonchev–Trinajstić information content (AvgIpc) is 3.24. The molecule has 5 nitrogen and oxygen atoms in total. The summed E-state index contributed by atoms with van der Waals surface area (Å²) in [5, 5.41) is 2.23. The van der Waals surface area contributed by atoms with Crippen LogP contribution in [0.4, 0.5) is 0 Å². The van der Waals surface area contributed by atoms with E-state index in [1.54, 1.807) is 41.7 Å². The molecule has 1 aliphatic rings. The molecule has 0 N–H and O–H groups in total. The number of aryl methyl sites for hydroxylation is 1. The van der Waals surface area contributed by atoms with Crippen LogP contribution in [0.5, 0.6) is 0 Å². The summed E-state index contributed by atoms with van der Waals surface area (Å²) >= 11 is 3.31. The Morgan fingerprint density at radius 2 is 2.15 bits per heavy atom. The van der Waals surface area contributed by atoms with Gasteiger partial charge in [-0.25, -0.2) is 4.98 Å². The van der Waals surface area contributed by atoms with E-state index in [0.717, 1.165) is 45.2 Å². The molecule has 0 bridgehead atoms. The van der Waals surface area contributed by atoms with Gasteiger partial charge in [-0.3, -0.25) is 9.69 Å². The minimum Gasteiger partial charge on any atom is -0.371 e. The van der Waals surface area contributed by atoms with Crippen LogP contribution in [-0.4, -0.2) is 54.5 Å². The number of hydrogen-bond donors (Lipinski definition) is 0. The van der Waals surface area contributed by atoms with Gasteiger partial charge in [0, 0.05) is 55.1 Å². The standard InChI is InChI=1S/C20H23N3O2S2/c1-13-21-10-14(26-13)11-23-8-9-25-16(12-23)18-15-6-4-5-7-17(15)27-19(18)20(24)22(2)3/h4-7,10,16H,8-9,11-12H2,1-3H3/t16-/m0/s1. The number of thiophene rings is 1. The first-order valence-corrected chi connectivity index (χ1v) is 10.6. The van der Waals surface area contributed by atoms with Gasteiger partial charge in [-0.05, 0) is 18.4 Å². The lowest BCUT2D eigenvalue weighted by Crippen LogP contribution is -2.38. The SMILES string of the molecule is Cc1ncc(CN2CCO[C@H](c3c(C(=O)N(C)C)sc4ccccc34)C2)s1. The summed E-state index contributed by atoms with van der Waals surface area (Å²) < 4.78 is 7.29. The number of thiazole rings is 1. The molecule has 0 aliphatic carbocycles. The molecule has 0 unspecified atom stereocenters. The highest BCUT2D eigenvalue weighted by Crippen LogP contribution is 2.38. The summed E-state index contributed by atoms with van der Waals surface area (Å²) in [6.07, 6.45) is 1.87. The van der Waals surface area contributed by atoms with Gasteiger partial charge >= 0.3 is 0 Å². The molecule has 1 aliphatic heterocycles. The first-order chi connectivity index (χ1) is 13.0. The Morgan fingerprint density at radius 1 is 1.33 bits per heavy atom. The molecule has 1 saturated heterocycles. The van der Waals surface area contributed by atoms with Crippen molar-refractivity contribution in [3.8, 4) is 0 Å². The number of aromatic nitrogens is 1. The quantitative estimate of drug-likeness (QED) is 0.664. The van der Waals surface area contributed by atoms with Crippen LogP contribution in [-0.2, 0) is 11.3 Å². The minimum atomic E-state index is -0.0946. The van der Waals surface area contributed by atoms with Crippen LogP contribution in [0.15, 0.2) is 30.5 Å². The Bertz CT molecular complexity index is 963. The lowest BCUT2D eigenvalue weighted by atomic mass is 10.0. The first-order valence-electron chi connectivity index (χ1n) is 9.01. The zero-order valence-electron chi connectivity index (χ0n) is 15.8. The van der Waals surface area contributed by atoms with E-state index in [-0.39, 0.29) is 12.0 Å². The smallest absolute Gasteiger partial charge is 0.263 e. The van der Waals surface area contributed by atoms with Crippen molar-refractivity contribution >= 4 is 38.7 Å². The van der Waals surface area contributed by atoms with E-state index >= 15 is 0 Å². The highest BCUT2D eigenvalue weighted by molar-refractivity contribution is 7.21. The molecule has 0 spiro atoms. The first kappa shape index (κ1) is 18.6. The van der Waals surface area contributed by atoms with Gasteiger partial charge in [-0.2, -0.15) is 0 Å². The second-order valence-electron chi connectivity index (χ2n) is 6.98. The zero-order chi connectivity index (χ0) is 19.0. The van der Waals surface area contributed by atoms with Crippen molar-refractivity contribution in [2.24, 2.45) is 0 Å². The number of hydrogen-bond acceptors (Lipinski definition) is 6. The van der Waals surface area contributed by atoms with E-state index in [0.29, 0.717) is 6.61 Å². The van der Waals surface area contributed by atoms with E-state index in [2.05, 4.69) is 22.0 Å². The van der Waals surface area contributed by atoms with Gasteiger partial charge < -0.3 is 9.64 Å². The van der Waals surface area contributed by atoms with E-state index in [9.17, 15) is 4.79 Å². The monoisotopic (exact) mass is 401 g/mol. The fourth-order valence-corrected chi connectivity index (χ4v) is 5.58. The number of nitrogens with zero attached hydrogens (tertiary/aromatic N) is 3. The molecule has 0 radical (unpaired) electrons. The van der Waals surface area contributed by atoms with Crippen molar-refractivity contribution in [2.75, 3.05) is 33.8 Å². The van der Waals surface area contributed by atoms with Gasteiger partial charge in [0.2, 0.25) is 0 Å². The third kappa shape index (κ3) is 3.78. The van der Waals surface area contributed by atoms with Crippen LogP contribution in [0.2, 0.25) is 0 Å². The predicted octanol–water partition coefficient (Wildman–Crippen LogP) is 3.94. The maximum absolute atomic E-state index is 12.8. The average molecular weight is 402 g/mol. The topological polar surface area (TPSA) is 45.7 Å². The zero-order valence-corrected chi connectivity index (χ0v) is 17.4. The Labute approximate surface area is 167 Å². The van der Waals surface area contributed by atoms with E-state index in [1.807, 2.05) is 25.3 Å². The number of rotatable bonds is 4. The molecule has 2 aromatic heterocycles. The van der Waals surface area contributed by atoms with E-state index in [1.165, 1.54) is 4.88 Å². The second kappa shape index (κ2) is 7.67. The Balaban J connectivity index is 1.66. The van der Waals surface area contributed by atoms with Crippen molar-refractivity contribution in [3.63, 3.8) is 0 Å². The van der Waals surface area contributed by atoms with Crippen LogP contribution in [0.3, 0.4) is 0 Å². The van der Waals surface area contributed by atoms with Gasteiger partial charge in [0.25, 0.3) is 5.91 Å². The van der Waals surface area contributed by atoms with Crippen molar-refractivity contribution in [1.29, 1.82) is 0 Å². The summed E-state index contributed by atoms with van der Waals surface area (Å²) in [5.74, 6) is 0.0463. The van der Waals surface area contributed by atoms with Gasteiger partial charge in [0.15, 0.2) is 0 Å². The lowest BCUT2D eigenvalue weighted by Gasteiger charge is -2.33. The van der Waals surface area contributed by atoms with E-state index in [4.69, 9.17) is 4.74 Å². The molecule has 27 heavy (non-hydrogen) atoms. The molecule has 1 amide bonds. The summed E-state index contributed by atoms with van der Waals surface area (Å²) in [6, 6.07) is 8.23. The number of carbonyl (C=O) groups is 1. The molecule has 142 valence electrons. The third-order valence-corrected chi connectivity index (χ3v) is 6.83. The van der Waals surface area contributed by atoms with E-state index < -0.39 is 0 Å². The van der Waals surface area contributed by atoms with Gasteiger partial charge in [-0.1, -0.05) is 18.2 Å². The molecular formula is C20H23N3O2S2. The Morgan fingerprint density at radius 3 is 2.89 bits per heavy atom. The fraction of sp³-hybridized carbons (Fsp3) is 0.400. The van der Waals surface area contributed by atoms with Crippen molar-refractivity contribution in [2.45, 2.75) is 19.6 Å². The largest absolute Gasteiger partial charge is 0.371 e. The highest BCUT2D eigenvalue weighted by Gasteiger charge is 2.30. The second-order valence-corrected chi connectivity index (χ2v) is 9.35. The Hall–Kier alpha value is -1.80. The number of amides is 1. The molecule has 1 aromatic carbocycles.